The van der Waals surface area contributed by atoms with Crippen LogP contribution in [0, 0.1) is 0 Å². The van der Waals surface area contributed by atoms with E-state index in [1.54, 1.807) is 11.7 Å². The van der Waals surface area contributed by atoms with Crippen molar-refractivity contribution in [2.24, 2.45) is 0 Å². The van der Waals surface area contributed by atoms with Crippen molar-refractivity contribution in [1.82, 2.24) is 4.98 Å². The van der Waals surface area contributed by atoms with Crippen LogP contribution >= 0.6 is 27.3 Å². The normalized spacial score (nSPS) is 9.93. The van der Waals surface area contributed by atoms with Gasteiger partial charge in [0, 0.05) is 10.2 Å². The van der Waals surface area contributed by atoms with Crippen molar-refractivity contribution in [2.45, 2.75) is 0 Å². The van der Waals surface area contributed by atoms with Gasteiger partial charge in [-0.25, -0.2) is 0 Å². The summed E-state index contributed by atoms with van der Waals surface area (Å²) in [4.78, 5) is 16.1. The number of thiazole rings is 1. The Hall–Kier alpha value is -1.20. The maximum atomic E-state index is 11.6. The van der Waals surface area contributed by atoms with Crippen LogP contribution in [0.1, 0.15) is 9.67 Å². The Labute approximate surface area is 99.3 Å². The summed E-state index contributed by atoms with van der Waals surface area (Å²) in [5.41, 5.74) is 2.41. The molecule has 0 aliphatic carbocycles. The number of nitrogens with zero attached hydrogens (tertiary/aromatic N) is 1. The minimum absolute atomic E-state index is 0.125. The van der Waals surface area contributed by atoms with Gasteiger partial charge in [0.05, 0.1) is 11.7 Å². The van der Waals surface area contributed by atoms with E-state index in [-0.39, 0.29) is 5.91 Å². The number of carbonyl (C=O) groups excluding carboxylic acids is 1. The van der Waals surface area contributed by atoms with Gasteiger partial charge in [-0.15, -0.1) is 11.3 Å². The highest BCUT2D eigenvalue weighted by Crippen LogP contribution is 2.15. The summed E-state index contributed by atoms with van der Waals surface area (Å²) >= 11 is 4.65. The molecule has 0 saturated carbocycles. The highest BCUT2D eigenvalue weighted by atomic mass is 79.9. The Morgan fingerprint density at radius 1 is 1.33 bits per heavy atom. The molecule has 1 aromatic heterocycles. The minimum Gasteiger partial charge on any atom is -0.321 e. The summed E-state index contributed by atoms with van der Waals surface area (Å²) < 4.78 is 0.985. The highest BCUT2D eigenvalue weighted by Gasteiger charge is 2.06. The zero-order valence-corrected chi connectivity index (χ0v) is 10.0. The predicted molar refractivity (Wildman–Crippen MR) is 64.2 cm³/mol. The molecule has 0 aliphatic heterocycles. The van der Waals surface area contributed by atoms with Crippen LogP contribution in [-0.4, -0.2) is 10.9 Å². The first kappa shape index (κ1) is 10.3. The van der Waals surface area contributed by atoms with Crippen LogP contribution in [0.2, 0.25) is 0 Å². The van der Waals surface area contributed by atoms with Gasteiger partial charge in [-0.3, -0.25) is 9.78 Å². The molecule has 1 amide bonds. The number of amides is 1. The summed E-state index contributed by atoms with van der Waals surface area (Å²) in [5.74, 6) is -0.125. The van der Waals surface area contributed by atoms with Crippen LogP contribution in [0.4, 0.5) is 5.69 Å². The molecule has 0 saturated heterocycles. The quantitative estimate of drug-likeness (QED) is 0.919. The lowest BCUT2D eigenvalue weighted by molar-refractivity contribution is 0.103. The number of anilines is 1. The van der Waals surface area contributed by atoms with Crippen molar-refractivity contribution in [3.8, 4) is 0 Å². The third kappa shape index (κ3) is 2.64. The van der Waals surface area contributed by atoms with Crippen molar-refractivity contribution in [2.75, 3.05) is 5.32 Å². The number of hydrogen-bond acceptors (Lipinski definition) is 3. The highest BCUT2D eigenvalue weighted by molar-refractivity contribution is 9.10. The van der Waals surface area contributed by atoms with Gasteiger partial charge in [-0.1, -0.05) is 15.9 Å². The summed E-state index contributed by atoms with van der Waals surface area (Å²) in [5, 5.41) is 2.78. The van der Waals surface area contributed by atoms with E-state index < -0.39 is 0 Å². The van der Waals surface area contributed by atoms with Crippen molar-refractivity contribution in [3.63, 3.8) is 0 Å². The van der Waals surface area contributed by atoms with Gasteiger partial charge in [-0.05, 0) is 24.3 Å². The number of nitrogens with one attached hydrogen (secondary N) is 1. The van der Waals surface area contributed by atoms with Crippen LogP contribution in [0.25, 0.3) is 0 Å². The third-order valence-corrected chi connectivity index (χ3v) is 3.06. The summed E-state index contributed by atoms with van der Waals surface area (Å²) in [6.45, 7) is 0. The number of hydrogen-bond donors (Lipinski definition) is 1. The van der Waals surface area contributed by atoms with Crippen molar-refractivity contribution in [3.05, 3.63) is 45.3 Å². The van der Waals surface area contributed by atoms with E-state index in [9.17, 15) is 4.79 Å². The van der Waals surface area contributed by atoms with E-state index >= 15 is 0 Å². The number of halogens is 1. The lowest BCUT2D eigenvalue weighted by atomic mass is 10.3. The monoisotopic (exact) mass is 282 g/mol. The minimum atomic E-state index is -0.125. The van der Waals surface area contributed by atoms with Crippen molar-refractivity contribution in [1.29, 1.82) is 0 Å². The van der Waals surface area contributed by atoms with Gasteiger partial charge >= 0.3 is 0 Å². The fraction of sp³-hybridized carbons (Fsp3) is 0. The SMILES string of the molecule is O=C(Nc1ccc(Br)cc1)c1cncs1. The molecule has 76 valence electrons. The van der Waals surface area contributed by atoms with Gasteiger partial charge in [0.25, 0.3) is 5.91 Å². The standard InChI is InChI=1S/C10H7BrN2OS/c11-7-1-3-8(4-2-7)13-10(14)9-5-12-6-15-9/h1-6H,(H,13,14). The molecule has 0 spiro atoms. The Morgan fingerprint density at radius 2 is 2.07 bits per heavy atom. The summed E-state index contributed by atoms with van der Waals surface area (Å²) in [6, 6.07) is 7.43. The average molecular weight is 283 g/mol. The number of carbonyl (C=O) groups is 1. The van der Waals surface area contributed by atoms with Crippen LogP contribution < -0.4 is 5.32 Å². The summed E-state index contributed by atoms with van der Waals surface area (Å²) in [7, 11) is 0. The first-order valence-corrected chi connectivity index (χ1v) is 5.88. The van der Waals surface area contributed by atoms with E-state index in [0.29, 0.717) is 4.88 Å². The fourth-order valence-electron chi connectivity index (χ4n) is 1.05. The first-order valence-electron chi connectivity index (χ1n) is 4.21. The van der Waals surface area contributed by atoms with Gasteiger partial charge < -0.3 is 5.32 Å². The molecule has 0 fully saturated rings. The Bertz CT molecular complexity index is 453. The van der Waals surface area contributed by atoms with E-state index in [1.807, 2.05) is 24.3 Å². The largest absolute Gasteiger partial charge is 0.321 e. The maximum absolute atomic E-state index is 11.6. The molecule has 0 bridgehead atoms. The molecular formula is C10H7BrN2OS. The molecule has 1 N–H and O–H groups in total. The fourth-order valence-corrected chi connectivity index (χ4v) is 1.83. The second-order valence-corrected chi connectivity index (χ2v) is 4.63. The van der Waals surface area contributed by atoms with Gasteiger partial charge in [-0.2, -0.15) is 0 Å². The van der Waals surface area contributed by atoms with Crippen LogP contribution in [0.3, 0.4) is 0 Å². The Kier molecular flexibility index (Phi) is 3.13. The molecule has 2 aromatic rings. The average Bonchev–Trinajstić information content (AvgIpc) is 2.74. The van der Waals surface area contributed by atoms with E-state index in [2.05, 4.69) is 26.2 Å². The zero-order chi connectivity index (χ0) is 10.7. The Morgan fingerprint density at radius 3 is 2.67 bits per heavy atom. The third-order valence-electron chi connectivity index (χ3n) is 1.76. The smallest absolute Gasteiger partial charge is 0.267 e. The zero-order valence-electron chi connectivity index (χ0n) is 7.61. The topological polar surface area (TPSA) is 42.0 Å². The molecule has 1 heterocycles. The Balaban J connectivity index is 2.09. The second kappa shape index (κ2) is 4.55. The van der Waals surface area contributed by atoms with Crippen LogP contribution in [0.5, 0.6) is 0 Å². The molecule has 0 atom stereocenters. The second-order valence-electron chi connectivity index (χ2n) is 2.83. The van der Waals surface area contributed by atoms with E-state index in [1.165, 1.54) is 11.3 Å². The molecule has 0 aliphatic rings. The first-order chi connectivity index (χ1) is 7.25. The molecule has 1 aromatic carbocycles. The maximum Gasteiger partial charge on any atom is 0.267 e. The molecule has 3 nitrogen and oxygen atoms in total. The molecule has 0 unspecified atom stereocenters. The number of benzene rings is 1. The lowest BCUT2D eigenvalue weighted by Crippen LogP contribution is -2.09. The van der Waals surface area contributed by atoms with Crippen LogP contribution in [0.15, 0.2) is 40.4 Å². The molecule has 0 radical (unpaired) electrons. The number of rotatable bonds is 2. The molecule has 2 rings (SSSR count). The van der Waals surface area contributed by atoms with Crippen molar-refractivity contribution < 1.29 is 4.79 Å². The number of aromatic nitrogens is 1. The van der Waals surface area contributed by atoms with Gasteiger partial charge in [0.1, 0.15) is 4.88 Å². The molecular weight excluding hydrogens is 276 g/mol. The van der Waals surface area contributed by atoms with Crippen molar-refractivity contribution >= 4 is 38.9 Å². The van der Waals surface area contributed by atoms with E-state index in [4.69, 9.17) is 0 Å². The van der Waals surface area contributed by atoms with E-state index in [0.717, 1.165) is 10.2 Å². The van der Waals surface area contributed by atoms with Gasteiger partial charge in [0.15, 0.2) is 0 Å². The summed E-state index contributed by atoms with van der Waals surface area (Å²) in [6.07, 6.45) is 1.55. The molecule has 5 heteroatoms. The van der Waals surface area contributed by atoms with Gasteiger partial charge in [0.2, 0.25) is 0 Å². The predicted octanol–water partition coefficient (Wildman–Crippen LogP) is 3.16. The van der Waals surface area contributed by atoms with Crippen LogP contribution in [-0.2, 0) is 0 Å². The lowest BCUT2D eigenvalue weighted by Gasteiger charge is -2.02. The molecule has 15 heavy (non-hydrogen) atoms.